The van der Waals surface area contributed by atoms with Crippen molar-refractivity contribution in [3.05, 3.63) is 99.7 Å². The van der Waals surface area contributed by atoms with E-state index in [4.69, 9.17) is 4.74 Å². The summed E-state index contributed by atoms with van der Waals surface area (Å²) in [6.45, 7) is 8.12. The lowest BCUT2D eigenvalue weighted by atomic mass is 9.97. The number of rotatable bonds is 6. The summed E-state index contributed by atoms with van der Waals surface area (Å²) in [6.07, 6.45) is 0. The average molecular weight is 441 g/mol. The number of anilines is 1. The highest BCUT2D eigenvalue weighted by atomic mass is 16.5. The second-order valence-corrected chi connectivity index (χ2v) is 8.58. The van der Waals surface area contributed by atoms with Crippen LogP contribution in [-0.2, 0) is 16.1 Å². The molecule has 1 N–H and O–H groups in total. The Morgan fingerprint density at radius 3 is 2.18 bits per heavy atom. The van der Waals surface area contributed by atoms with Crippen LogP contribution in [0, 0.1) is 27.7 Å². The molecule has 0 aliphatic carbocycles. The second kappa shape index (κ2) is 8.94. The lowest BCUT2D eigenvalue weighted by Crippen LogP contribution is -2.32. The van der Waals surface area contributed by atoms with E-state index >= 15 is 0 Å². The summed E-state index contributed by atoms with van der Waals surface area (Å²) in [6, 6.07) is 19.3. The van der Waals surface area contributed by atoms with Crippen molar-refractivity contribution in [2.24, 2.45) is 0 Å². The highest BCUT2D eigenvalue weighted by Gasteiger charge is 2.40. The van der Waals surface area contributed by atoms with Gasteiger partial charge in [-0.2, -0.15) is 0 Å². The molecule has 33 heavy (non-hydrogen) atoms. The first-order valence-corrected chi connectivity index (χ1v) is 10.9. The molecular formula is C28H28N2O3. The maximum absolute atomic E-state index is 13.7. The Bertz CT molecular complexity index is 1270. The van der Waals surface area contributed by atoms with E-state index in [1.807, 2.05) is 82.3 Å². The first-order chi connectivity index (χ1) is 15.8. The SMILES string of the molecule is COc1ccccc1CN1C(=O)C(Nc2cc(C)cc(C)c2)=C(c2ccc(C)cc2C)C1=O. The zero-order chi connectivity index (χ0) is 23.7. The van der Waals surface area contributed by atoms with Gasteiger partial charge in [0.05, 0.1) is 19.2 Å². The molecule has 5 nitrogen and oxygen atoms in total. The lowest BCUT2D eigenvalue weighted by Gasteiger charge is -2.17. The van der Waals surface area contributed by atoms with E-state index in [0.717, 1.165) is 39.1 Å². The van der Waals surface area contributed by atoms with Crippen molar-refractivity contribution < 1.29 is 14.3 Å². The van der Waals surface area contributed by atoms with Gasteiger partial charge < -0.3 is 10.1 Å². The average Bonchev–Trinajstić information content (AvgIpc) is 2.98. The highest BCUT2D eigenvalue weighted by Crippen LogP contribution is 2.34. The van der Waals surface area contributed by atoms with E-state index in [9.17, 15) is 9.59 Å². The number of carbonyl (C=O) groups excluding carboxylic acids is 2. The van der Waals surface area contributed by atoms with Crippen molar-refractivity contribution in [1.29, 1.82) is 0 Å². The molecule has 1 heterocycles. The van der Waals surface area contributed by atoms with E-state index in [-0.39, 0.29) is 18.4 Å². The monoisotopic (exact) mass is 440 g/mol. The largest absolute Gasteiger partial charge is 0.496 e. The number of benzene rings is 3. The first-order valence-electron chi connectivity index (χ1n) is 10.9. The predicted octanol–water partition coefficient (Wildman–Crippen LogP) is 5.32. The number of hydrogen-bond donors (Lipinski definition) is 1. The van der Waals surface area contributed by atoms with Gasteiger partial charge in [0.15, 0.2) is 0 Å². The molecule has 0 bridgehead atoms. The Balaban J connectivity index is 1.80. The van der Waals surface area contributed by atoms with Gasteiger partial charge in [-0.3, -0.25) is 14.5 Å². The quantitative estimate of drug-likeness (QED) is 0.527. The molecule has 3 aromatic rings. The van der Waals surface area contributed by atoms with Crippen LogP contribution >= 0.6 is 0 Å². The van der Waals surface area contributed by atoms with Gasteiger partial charge in [0.25, 0.3) is 11.8 Å². The highest BCUT2D eigenvalue weighted by molar-refractivity contribution is 6.36. The number of imide groups is 1. The van der Waals surface area contributed by atoms with Crippen LogP contribution in [0.1, 0.15) is 33.4 Å². The van der Waals surface area contributed by atoms with E-state index in [1.165, 1.54) is 4.90 Å². The fourth-order valence-corrected chi connectivity index (χ4v) is 4.37. The molecule has 0 fully saturated rings. The number of para-hydroxylation sites is 1. The molecule has 1 aliphatic heterocycles. The van der Waals surface area contributed by atoms with Crippen molar-refractivity contribution in [1.82, 2.24) is 4.90 Å². The minimum atomic E-state index is -0.347. The number of amides is 2. The summed E-state index contributed by atoms with van der Waals surface area (Å²) in [5.74, 6) is -0.0216. The van der Waals surface area contributed by atoms with Crippen molar-refractivity contribution in [2.75, 3.05) is 12.4 Å². The van der Waals surface area contributed by atoms with Gasteiger partial charge in [-0.15, -0.1) is 0 Å². The van der Waals surface area contributed by atoms with E-state index in [1.54, 1.807) is 7.11 Å². The fourth-order valence-electron chi connectivity index (χ4n) is 4.37. The van der Waals surface area contributed by atoms with Crippen molar-refractivity contribution >= 4 is 23.1 Å². The number of nitrogens with zero attached hydrogens (tertiary/aromatic N) is 1. The topological polar surface area (TPSA) is 58.6 Å². The third kappa shape index (κ3) is 4.40. The van der Waals surface area contributed by atoms with Gasteiger partial charge in [0.2, 0.25) is 0 Å². The molecule has 0 saturated heterocycles. The van der Waals surface area contributed by atoms with Crippen LogP contribution in [-0.4, -0.2) is 23.8 Å². The molecule has 168 valence electrons. The molecule has 0 unspecified atom stereocenters. The zero-order valence-corrected chi connectivity index (χ0v) is 19.7. The number of ether oxygens (including phenoxy) is 1. The van der Waals surface area contributed by atoms with Crippen LogP contribution in [0.25, 0.3) is 5.57 Å². The van der Waals surface area contributed by atoms with Gasteiger partial charge in [-0.1, -0.05) is 48.0 Å². The Morgan fingerprint density at radius 2 is 1.52 bits per heavy atom. The lowest BCUT2D eigenvalue weighted by molar-refractivity contribution is -0.137. The Labute approximate surface area is 194 Å². The normalized spacial score (nSPS) is 13.7. The summed E-state index contributed by atoms with van der Waals surface area (Å²) in [5.41, 5.74) is 7.21. The van der Waals surface area contributed by atoms with Crippen LogP contribution in [0.2, 0.25) is 0 Å². The fraction of sp³-hybridized carbons (Fsp3) is 0.214. The maximum atomic E-state index is 13.7. The molecule has 0 saturated carbocycles. The van der Waals surface area contributed by atoms with Crippen molar-refractivity contribution in [3.8, 4) is 5.75 Å². The molecule has 0 atom stereocenters. The van der Waals surface area contributed by atoms with E-state index < -0.39 is 0 Å². The van der Waals surface area contributed by atoms with Gasteiger partial charge >= 0.3 is 0 Å². The van der Waals surface area contributed by atoms with Crippen LogP contribution < -0.4 is 10.1 Å². The Hall–Kier alpha value is -3.86. The maximum Gasteiger partial charge on any atom is 0.278 e. The number of carbonyl (C=O) groups is 2. The van der Waals surface area contributed by atoms with Crippen LogP contribution in [0.15, 0.2) is 66.4 Å². The standard InChI is InChI=1S/C28H28N2O3/c1-17-10-11-23(20(4)13-17)25-26(29-22-14-18(2)12-19(3)15-22)28(32)30(27(25)31)16-21-8-6-7-9-24(21)33-5/h6-15,29H,16H2,1-5H3. The van der Waals surface area contributed by atoms with E-state index in [0.29, 0.717) is 17.0 Å². The van der Waals surface area contributed by atoms with Gasteiger partial charge in [0.1, 0.15) is 11.4 Å². The molecule has 0 radical (unpaired) electrons. The minimum absolute atomic E-state index is 0.133. The Kier molecular flexibility index (Phi) is 6.05. The summed E-state index contributed by atoms with van der Waals surface area (Å²) in [4.78, 5) is 28.5. The zero-order valence-electron chi connectivity index (χ0n) is 19.7. The molecular weight excluding hydrogens is 412 g/mol. The number of hydrogen-bond acceptors (Lipinski definition) is 4. The minimum Gasteiger partial charge on any atom is -0.496 e. The van der Waals surface area contributed by atoms with Crippen LogP contribution in [0.4, 0.5) is 5.69 Å². The van der Waals surface area contributed by atoms with Crippen LogP contribution in [0.5, 0.6) is 5.75 Å². The summed E-state index contributed by atoms with van der Waals surface area (Å²) in [7, 11) is 1.58. The summed E-state index contributed by atoms with van der Waals surface area (Å²) in [5, 5.41) is 3.27. The number of aryl methyl sites for hydroxylation is 4. The molecule has 2 amide bonds. The van der Waals surface area contributed by atoms with Gasteiger partial charge in [0, 0.05) is 11.3 Å². The van der Waals surface area contributed by atoms with Crippen molar-refractivity contribution in [3.63, 3.8) is 0 Å². The van der Waals surface area contributed by atoms with Gasteiger partial charge in [-0.05, 0) is 68.1 Å². The number of methoxy groups -OCH3 is 1. The van der Waals surface area contributed by atoms with Crippen molar-refractivity contribution in [2.45, 2.75) is 34.2 Å². The summed E-state index contributed by atoms with van der Waals surface area (Å²) >= 11 is 0. The van der Waals surface area contributed by atoms with Crippen LogP contribution in [0.3, 0.4) is 0 Å². The smallest absolute Gasteiger partial charge is 0.278 e. The summed E-state index contributed by atoms with van der Waals surface area (Å²) < 4.78 is 5.44. The molecule has 3 aromatic carbocycles. The molecule has 0 aromatic heterocycles. The predicted molar refractivity (Wildman–Crippen MR) is 131 cm³/mol. The Morgan fingerprint density at radius 1 is 0.818 bits per heavy atom. The molecule has 0 spiro atoms. The van der Waals surface area contributed by atoms with E-state index in [2.05, 4.69) is 11.4 Å². The third-order valence-corrected chi connectivity index (χ3v) is 5.83. The number of nitrogens with one attached hydrogen (secondary N) is 1. The third-order valence-electron chi connectivity index (χ3n) is 5.83. The molecule has 4 rings (SSSR count). The second-order valence-electron chi connectivity index (χ2n) is 8.58. The first kappa shape index (κ1) is 22.3. The van der Waals surface area contributed by atoms with Gasteiger partial charge in [-0.25, -0.2) is 0 Å². The molecule has 5 heteroatoms. The molecule has 1 aliphatic rings.